The number of ether oxygens (including phenoxy) is 2. The summed E-state index contributed by atoms with van der Waals surface area (Å²) >= 11 is 0. The number of rotatable bonds is 13. The molecular weight excluding hydrogens is 546 g/mol. The van der Waals surface area contributed by atoms with Gasteiger partial charge in [-0.15, -0.1) is 0 Å². The quantitative estimate of drug-likeness (QED) is 0.161. The molecule has 1 N–H and O–H groups in total. The van der Waals surface area contributed by atoms with E-state index in [-0.39, 0.29) is 11.8 Å². The van der Waals surface area contributed by atoms with Crippen LogP contribution in [0.1, 0.15) is 47.4 Å². The number of benzene rings is 4. The van der Waals surface area contributed by atoms with Crippen molar-refractivity contribution in [3.63, 3.8) is 0 Å². The number of likely N-dealkylation sites (tertiary alicyclic amines) is 1. The van der Waals surface area contributed by atoms with Gasteiger partial charge in [0, 0.05) is 49.1 Å². The maximum atomic E-state index is 13.4. The van der Waals surface area contributed by atoms with E-state index in [0.717, 1.165) is 59.9 Å². The summed E-state index contributed by atoms with van der Waals surface area (Å²) < 4.78 is 13.7. The number of methoxy groups -OCH3 is 1. The third-order valence-corrected chi connectivity index (χ3v) is 8.58. The van der Waals surface area contributed by atoms with Gasteiger partial charge in [-0.3, -0.25) is 4.79 Å². The summed E-state index contributed by atoms with van der Waals surface area (Å²) in [5.41, 5.74) is 5.72. The van der Waals surface area contributed by atoms with Gasteiger partial charge in [0.1, 0.15) is 18.1 Å². The van der Waals surface area contributed by atoms with Crippen molar-refractivity contribution < 1.29 is 14.3 Å². The van der Waals surface area contributed by atoms with Gasteiger partial charge in [-0.25, -0.2) is 0 Å². The second-order valence-corrected chi connectivity index (χ2v) is 11.6. The summed E-state index contributed by atoms with van der Waals surface area (Å²) in [5.74, 6) is 1.63. The lowest BCUT2D eigenvalue weighted by atomic mass is 9.88. The summed E-state index contributed by atoms with van der Waals surface area (Å²) in [6.45, 7) is 5.09. The minimum Gasteiger partial charge on any atom is -0.497 e. The molecular formula is C38H41N3O3. The van der Waals surface area contributed by atoms with Crippen LogP contribution in [0.2, 0.25) is 0 Å². The van der Waals surface area contributed by atoms with Crippen LogP contribution < -0.4 is 14.8 Å². The highest BCUT2D eigenvalue weighted by Gasteiger charge is 2.23. The number of carbonyl (C=O) groups is 1. The number of hydrogen-bond acceptors (Lipinski definition) is 4. The second kappa shape index (κ2) is 14.3. The van der Waals surface area contributed by atoms with Crippen molar-refractivity contribution in [1.29, 1.82) is 0 Å². The van der Waals surface area contributed by atoms with Gasteiger partial charge >= 0.3 is 0 Å². The van der Waals surface area contributed by atoms with E-state index in [9.17, 15) is 4.79 Å². The van der Waals surface area contributed by atoms with Crippen molar-refractivity contribution in [1.82, 2.24) is 14.8 Å². The Labute approximate surface area is 260 Å². The third-order valence-electron chi connectivity index (χ3n) is 8.58. The van der Waals surface area contributed by atoms with Crippen LogP contribution in [0.25, 0.3) is 10.9 Å². The largest absolute Gasteiger partial charge is 0.497 e. The van der Waals surface area contributed by atoms with E-state index in [0.29, 0.717) is 19.6 Å². The monoisotopic (exact) mass is 587 g/mol. The zero-order chi connectivity index (χ0) is 30.1. The first-order valence-electron chi connectivity index (χ1n) is 15.6. The fourth-order valence-corrected chi connectivity index (χ4v) is 6.17. The first-order chi connectivity index (χ1) is 21.7. The van der Waals surface area contributed by atoms with Crippen molar-refractivity contribution in [2.45, 2.75) is 38.3 Å². The molecule has 6 heteroatoms. The van der Waals surface area contributed by atoms with Crippen LogP contribution in [0.15, 0.2) is 109 Å². The van der Waals surface area contributed by atoms with Gasteiger partial charge in [0.15, 0.2) is 0 Å². The Bertz CT molecular complexity index is 1640. The zero-order valence-corrected chi connectivity index (χ0v) is 25.5. The fourth-order valence-electron chi connectivity index (χ4n) is 6.17. The molecule has 44 heavy (non-hydrogen) atoms. The Balaban J connectivity index is 1.26. The Morgan fingerprint density at radius 1 is 0.818 bits per heavy atom. The number of amides is 1. The lowest BCUT2D eigenvalue weighted by Gasteiger charge is -2.19. The number of fused-ring (bicyclic) bond motifs is 1. The van der Waals surface area contributed by atoms with Crippen molar-refractivity contribution >= 4 is 16.8 Å². The molecule has 0 radical (unpaired) electrons. The number of nitrogens with one attached hydrogen (secondary N) is 1. The fraction of sp³-hybridized carbons (Fsp3) is 0.289. The summed E-state index contributed by atoms with van der Waals surface area (Å²) in [6, 6.07) is 35.1. The number of nitrogens with zero attached hydrogens (tertiary/aromatic N) is 2. The lowest BCUT2D eigenvalue weighted by Crippen LogP contribution is -2.34. The first-order valence-corrected chi connectivity index (χ1v) is 15.6. The molecule has 1 fully saturated rings. The van der Waals surface area contributed by atoms with Gasteiger partial charge in [-0.1, -0.05) is 72.8 Å². The summed E-state index contributed by atoms with van der Waals surface area (Å²) in [4.78, 5) is 15.9. The van der Waals surface area contributed by atoms with E-state index in [1.54, 1.807) is 7.11 Å². The molecule has 6 rings (SSSR count). The molecule has 1 unspecified atom stereocenters. The van der Waals surface area contributed by atoms with E-state index in [4.69, 9.17) is 9.47 Å². The molecule has 0 bridgehead atoms. The summed E-state index contributed by atoms with van der Waals surface area (Å²) in [6.07, 6.45) is 5.11. The standard InChI is InChI=1S/C38H41N3O3/c1-43-32-17-13-29(14-18-32)26-41-27-36(34-11-5-6-12-37(34)41)35(25-38(42)39-21-24-40-22-7-8-23-40)31-15-19-33(20-16-31)44-28-30-9-3-2-4-10-30/h2-6,9-20,27,35H,7-8,21-26,28H2,1H3,(H,39,42). The van der Waals surface area contributed by atoms with Gasteiger partial charge in [-0.2, -0.15) is 0 Å². The number of carbonyl (C=O) groups excluding carboxylic acids is 1. The second-order valence-electron chi connectivity index (χ2n) is 11.6. The molecule has 1 aliphatic heterocycles. The van der Waals surface area contributed by atoms with Crippen LogP contribution in [0, 0.1) is 0 Å². The van der Waals surface area contributed by atoms with Crippen molar-refractivity contribution in [3.8, 4) is 11.5 Å². The Kier molecular flexibility index (Phi) is 9.58. The van der Waals surface area contributed by atoms with Gasteiger partial charge < -0.3 is 24.3 Å². The van der Waals surface area contributed by atoms with Crippen LogP contribution >= 0.6 is 0 Å². The summed E-state index contributed by atoms with van der Waals surface area (Å²) in [7, 11) is 1.69. The number of para-hydroxylation sites is 1. The SMILES string of the molecule is COc1ccc(Cn2cc(C(CC(=O)NCCN3CCCC3)c3ccc(OCc4ccccc4)cc3)c3ccccc32)cc1. The maximum absolute atomic E-state index is 13.4. The smallest absolute Gasteiger partial charge is 0.220 e. The molecule has 0 aliphatic carbocycles. The van der Waals surface area contributed by atoms with E-state index >= 15 is 0 Å². The predicted molar refractivity (Wildman–Crippen MR) is 176 cm³/mol. The molecule has 2 heterocycles. The van der Waals surface area contributed by atoms with Gasteiger partial charge in [0.05, 0.1) is 7.11 Å². The Hall–Kier alpha value is -4.55. The number of hydrogen-bond donors (Lipinski definition) is 1. The molecule has 0 spiro atoms. The molecule has 0 saturated carbocycles. The third kappa shape index (κ3) is 7.32. The summed E-state index contributed by atoms with van der Waals surface area (Å²) in [5, 5.41) is 4.38. The number of aromatic nitrogens is 1. The molecule has 1 saturated heterocycles. The minimum atomic E-state index is -0.105. The highest BCUT2D eigenvalue weighted by molar-refractivity contribution is 5.87. The van der Waals surface area contributed by atoms with Gasteiger partial charge in [0.25, 0.3) is 0 Å². The van der Waals surface area contributed by atoms with Gasteiger partial charge in [0.2, 0.25) is 5.91 Å². The molecule has 6 nitrogen and oxygen atoms in total. The predicted octanol–water partition coefficient (Wildman–Crippen LogP) is 7.01. The molecule has 1 aromatic heterocycles. The van der Waals surface area contributed by atoms with Crippen LogP contribution in [0.3, 0.4) is 0 Å². The van der Waals surface area contributed by atoms with Crippen LogP contribution in [0.5, 0.6) is 11.5 Å². The average Bonchev–Trinajstić information content (AvgIpc) is 3.72. The van der Waals surface area contributed by atoms with E-state index in [1.807, 2.05) is 42.5 Å². The Morgan fingerprint density at radius 3 is 2.27 bits per heavy atom. The molecule has 4 aromatic carbocycles. The maximum Gasteiger partial charge on any atom is 0.220 e. The van der Waals surface area contributed by atoms with Gasteiger partial charge in [-0.05, 0) is 78.5 Å². The molecule has 1 aliphatic rings. The van der Waals surface area contributed by atoms with Crippen molar-refractivity contribution in [2.75, 3.05) is 33.3 Å². The molecule has 226 valence electrons. The minimum absolute atomic E-state index is 0.0746. The zero-order valence-electron chi connectivity index (χ0n) is 25.5. The Morgan fingerprint density at radius 2 is 1.52 bits per heavy atom. The highest BCUT2D eigenvalue weighted by atomic mass is 16.5. The average molecular weight is 588 g/mol. The van der Waals surface area contributed by atoms with Crippen LogP contribution in [-0.4, -0.2) is 48.7 Å². The van der Waals surface area contributed by atoms with Crippen molar-refractivity contribution in [2.24, 2.45) is 0 Å². The topological polar surface area (TPSA) is 55.7 Å². The van der Waals surface area contributed by atoms with E-state index in [2.05, 4.69) is 81.6 Å². The van der Waals surface area contributed by atoms with Crippen molar-refractivity contribution in [3.05, 3.63) is 132 Å². The van der Waals surface area contributed by atoms with E-state index in [1.165, 1.54) is 23.8 Å². The normalized spacial score (nSPS) is 14.0. The lowest BCUT2D eigenvalue weighted by molar-refractivity contribution is -0.121. The molecule has 1 amide bonds. The van der Waals surface area contributed by atoms with Crippen LogP contribution in [0.4, 0.5) is 0 Å². The first kappa shape index (κ1) is 29.5. The molecule has 5 aromatic rings. The van der Waals surface area contributed by atoms with Crippen LogP contribution in [-0.2, 0) is 17.9 Å². The highest BCUT2D eigenvalue weighted by Crippen LogP contribution is 2.36. The van der Waals surface area contributed by atoms with E-state index < -0.39 is 0 Å². The molecule has 1 atom stereocenters.